The number of carbonyl (C=O) groups excluding carboxylic acids is 2. The second-order valence-electron chi connectivity index (χ2n) is 5.88. The quantitative estimate of drug-likeness (QED) is 0.435. The number of nitrogens with zero attached hydrogens (tertiary/aromatic N) is 3. The molecule has 144 valence electrons. The van der Waals surface area contributed by atoms with Gasteiger partial charge in [0.05, 0.1) is 22.7 Å². The highest BCUT2D eigenvalue weighted by atomic mass is 35.5. The van der Waals surface area contributed by atoms with Crippen LogP contribution in [0, 0.1) is 10.1 Å². The van der Waals surface area contributed by atoms with Crippen molar-refractivity contribution in [1.29, 1.82) is 0 Å². The van der Waals surface area contributed by atoms with Gasteiger partial charge in [-0.1, -0.05) is 18.5 Å². The van der Waals surface area contributed by atoms with Crippen molar-refractivity contribution in [3.05, 3.63) is 51.2 Å². The van der Waals surface area contributed by atoms with Crippen LogP contribution in [0.3, 0.4) is 0 Å². The summed E-state index contributed by atoms with van der Waals surface area (Å²) in [6, 6.07) is 5.25. The van der Waals surface area contributed by atoms with Gasteiger partial charge in [0, 0.05) is 12.1 Å². The lowest BCUT2D eigenvalue weighted by Gasteiger charge is -2.17. The molecule has 1 heterocycles. The summed E-state index contributed by atoms with van der Waals surface area (Å²) in [5.74, 6) is -0.927. The molecule has 0 radical (unpaired) electrons. The molecular formula is C17H19ClN4O5. The van der Waals surface area contributed by atoms with Crippen molar-refractivity contribution >= 4 is 35.0 Å². The maximum absolute atomic E-state index is 12.3. The SMILES string of the molecule is CC[C@@H](C)n1nccc1NC(=O)[C@@H](C)OC(=O)c1ccc(Cl)c([N+](=O)[O-])c1. The van der Waals surface area contributed by atoms with Gasteiger partial charge in [0.25, 0.3) is 11.6 Å². The van der Waals surface area contributed by atoms with Crippen LogP contribution in [0.2, 0.25) is 5.02 Å². The van der Waals surface area contributed by atoms with Crippen LogP contribution >= 0.6 is 11.6 Å². The summed E-state index contributed by atoms with van der Waals surface area (Å²) in [7, 11) is 0. The Bertz CT molecular complexity index is 867. The van der Waals surface area contributed by atoms with E-state index in [0.717, 1.165) is 12.5 Å². The zero-order valence-corrected chi connectivity index (χ0v) is 15.8. The Balaban J connectivity index is 2.06. The number of halogens is 1. The highest BCUT2D eigenvalue weighted by Gasteiger charge is 2.23. The molecule has 0 aliphatic heterocycles. The van der Waals surface area contributed by atoms with Gasteiger partial charge in [0.15, 0.2) is 6.10 Å². The van der Waals surface area contributed by atoms with E-state index in [4.69, 9.17) is 16.3 Å². The van der Waals surface area contributed by atoms with Gasteiger partial charge in [-0.3, -0.25) is 14.9 Å². The number of rotatable bonds is 7. The molecule has 1 amide bonds. The number of aromatic nitrogens is 2. The molecule has 0 aliphatic rings. The second kappa shape index (κ2) is 8.63. The molecule has 10 heteroatoms. The zero-order chi connectivity index (χ0) is 20.1. The molecule has 0 bridgehead atoms. The first-order valence-electron chi connectivity index (χ1n) is 8.23. The Hall–Kier alpha value is -2.94. The molecule has 1 aromatic heterocycles. The number of esters is 1. The summed E-state index contributed by atoms with van der Waals surface area (Å²) in [5.41, 5.74) is -0.490. The number of carbonyl (C=O) groups is 2. The lowest BCUT2D eigenvalue weighted by molar-refractivity contribution is -0.384. The van der Waals surface area contributed by atoms with E-state index >= 15 is 0 Å². The van der Waals surface area contributed by atoms with Crippen LogP contribution in [-0.2, 0) is 9.53 Å². The Morgan fingerprint density at radius 2 is 2.07 bits per heavy atom. The lowest BCUT2D eigenvalue weighted by Crippen LogP contribution is -2.31. The van der Waals surface area contributed by atoms with Crippen molar-refractivity contribution in [2.45, 2.75) is 39.3 Å². The molecule has 1 N–H and O–H groups in total. The van der Waals surface area contributed by atoms with Crippen LogP contribution in [0.15, 0.2) is 30.5 Å². The van der Waals surface area contributed by atoms with Gasteiger partial charge in [-0.25, -0.2) is 9.48 Å². The molecular weight excluding hydrogens is 376 g/mol. The van der Waals surface area contributed by atoms with Crippen molar-refractivity contribution in [3.63, 3.8) is 0 Å². The molecule has 27 heavy (non-hydrogen) atoms. The molecule has 0 fully saturated rings. The maximum atomic E-state index is 12.3. The average molecular weight is 395 g/mol. The molecule has 0 saturated carbocycles. The maximum Gasteiger partial charge on any atom is 0.339 e. The van der Waals surface area contributed by atoms with Crippen LogP contribution in [0.5, 0.6) is 0 Å². The summed E-state index contributed by atoms with van der Waals surface area (Å²) in [5, 5.41) is 17.6. The Labute approximate surface area is 160 Å². The predicted octanol–water partition coefficient (Wildman–Crippen LogP) is 3.60. The molecule has 0 aliphatic carbocycles. The number of hydrogen-bond acceptors (Lipinski definition) is 6. The van der Waals surface area contributed by atoms with Gasteiger partial charge in [-0.05, 0) is 32.4 Å². The summed E-state index contributed by atoms with van der Waals surface area (Å²) in [6.45, 7) is 5.36. The van der Waals surface area contributed by atoms with E-state index in [0.29, 0.717) is 5.82 Å². The second-order valence-corrected chi connectivity index (χ2v) is 6.29. The number of amides is 1. The topological polar surface area (TPSA) is 116 Å². The minimum absolute atomic E-state index is 0.0737. The van der Waals surface area contributed by atoms with E-state index in [1.165, 1.54) is 19.1 Å². The van der Waals surface area contributed by atoms with Crippen molar-refractivity contribution in [2.24, 2.45) is 0 Å². The van der Waals surface area contributed by atoms with E-state index in [1.807, 2.05) is 13.8 Å². The van der Waals surface area contributed by atoms with Crippen LogP contribution in [0.1, 0.15) is 43.6 Å². The monoisotopic (exact) mass is 394 g/mol. The number of nitro groups is 1. The fourth-order valence-electron chi connectivity index (χ4n) is 2.23. The molecule has 2 aromatic rings. The van der Waals surface area contributed by atoms with E-state index < -0.39 is 28.6 Å². The molecule has 0 unspecified atom stereocenters. The lowest BCUT2D eigenvalue weighted by atomic mass is 10.2. The molecule has 0 saturated heterocycles. The first-order valence-corrected chi connectivity index (χ1v) is 8.61. The first kappa shape index (κ1) is 20.4. The minimum Gasteiger partial charge on any atom is -0.449 e. The smallest absolute Gasteiger partial charge is 0.339 e. The van der Waals surface area contributed by atoms with E-state index in [2.05, 4.69) is 10.4 Å². The molecule has 9 nitrogen and oxygen atoms in total. The zero-order valence-electron chi connectivity index (χ0n) is 15.0. The Morgan fingerprint density at radius 3 is 2.70 bits per heavy atom. The standard InChI is InChI=1S/C17H19ClN4O5/c1-4-10(2)21-15(7-8-19-21)20-16(23)11(3)27-17(24)12-5-6-13(18)14(9-12)22(25)26/h5-11H,4H2,1-3H3,(H,20,23)/t10-,11-/m1/s1. The highest BCUT2D eigenvalue weighted by Crippen LogP contribution is 2.25. The molecule has 2 rings (SSSR count). The first-order chi connectivity index (χ1) is 12.7. The van der Waals surface area contributed by atoms with Gasteiger partial charge >= 0.3 is 5.97 Å². The van der Waals surface area contributed by atoms with Crippen LogP contribution in [0.25, 0.3) is 0 Å². The average Bonchev–Trinajstić information content (AvgIpc) is 3.09. The van der Waals surface area contributed by atoms with Gasteiger partial charge in [0.2, 0.25) is 0 Å². The Kier molecular flexibility index (Phi) is 6.51. The van der Waals surface area contributed by atoms with Gasteiger partial charge in [0.1, 0.15) is 10.8 Å². The normalized spacial score (nSPS) is 12.9. The third kappa shape index (κ3) is 4.82. The van der Waals surface area contributed by atoms with Gasteiger partial charge in [-0.15, -0.1) is 0 Å². The fourth-order valence-corrected chi connectivity index (χ4v) is 2.41. The van der Waals surface area contributed by atoms with Gasteiger partial charge < -0.3 is 10.1 Å². The Morgan fingerprint density at radius 1 is 1.37 bits per heavy atom. The highest BCUT2D eigenvalue weighted by molar-refractivity contribution is 6.32. The summed E-state index contributed by atoms with van der Waals surface area (Å²) >= 11 is 5.72. The molecule has 2 atom stereocenters. The minimum atomic E-state index is -1.12. The number of benzene rings is 1. The summed E-state index contributed by atoms with van der Waals surface area (Å²) < 4.78 is 6.76. The van der Waals surface area contributed by atoms with Crippen molar-refractivity contribution in [3.8, 4) is 0 Å². The van der Waals surface area contributed by atoms with Crippen molar-refractivity contribution in [1.82, 2.24) is 9.78 Å². The van der Waals surface area contributed by atoms with Crippen molar-refractivity contribution < 1.29 is 19.2 Å². The number of anilines is 1. The third-order valence-electron chi connectivity index (χ3n) is 3.96. The number of ether oxygens (including phenoxy) is 1. The summed E-state index contributed by atoms with van der Waals surface area (Å²) in [6.07, 6.45) is 1.27. The van der Waals surface area contributed by atoms with E-state index in [1.54, 1.807) is 16.9 Å². The number of hydrogen-bond donors (Lipinski definition) is 1. The summed E-state index contributed by atoms with van der Waals surface area (Å²) in [4.78, 5) is 34.7. The van der Waals surface area contributed by atoms with Crippen LogP contribution in [0.4, 0.5) is 11.5 Å². The number of nitrogens with one attached hydrogen (secondary N) is 1. The van der Waals surface area contributed by atoms with Crippen LogP contribution in [-0.4, -0.2) is 32.7 Å². The predicted molar refractivity (Wildman–Crippen MR) is 98.8 cm³/mol. The van der Waals surface area contributed by atoms with Crippen LogP contribution < -0.4 is 5.32 Å². The van der Waals surface area contributed by atoms with E-state index in [-0.39, 0.29) is 16.6 Å². The molecule has 1 aromatic carbocycles. The molecule has 0 spiro atoms. The third-order valence-corrected chi connectivity index (χ3v) is 4.28. The van der Waals surface area contributed by atoms with E-state index in [9.17, 15) is 19.7 Å². The van der Waals surface area contributed by atoms with Crippen molar-refractivity contribution in [2.75, 3.05) is 5.32 Å². The number of nitro benzene ring substituents is 1. The largest absolute Gasteiger partial charge is 0.449 e. The fraction of sp³-hybridized carbons (Fsp3) is 0.353. The van der Waals surface area contributed by atoms with Gasteiger partial charge in [-0.2, -0.15) is 5.10 Å².